The lowest BCUT2D eigenvalue weighted by Gasteiger charge is -2.29. The fraction of sp³-hybridized carbons (Fsp3) is 0.636. The molecule has 2 rings (SSSR count). The first-order valence-electron chi connectivity index (χ1n) is 5.54. The smallest absolute Gasteiger partial charge is 0.0755 e. The molecule has 2 N–H and O–H groups in total. The van der Waals surface area contributed by atoms with Crippen LogP contribution in [0, 0.1) is 0 Å². The van der Waals surface area contributed by atoms with Gasteiger partial charge in [-0.3, -0.25) is 14.9 Å². The Labute approximate surface area is 90.5 Å². The van der Waals surface area contributed by atoms with Gasteiger partial charge in [0.2, 0.25) is 0 Å². The first kappa shape index (κ1) is 10.5. The Morgan fingerprint density at radius 1 is 1.60 bits per heavy atom. The van der Waals surface area contributed by atoms with Crippen molar-refractivity contribution in [2.75, 3.05) is 13.1 Å². The van der Waals surface area contributed by atoms with Crippen molar-refractivity contribution in [2.45, 2.75) is 31.8 Å². The Morgan fingerprint density at radius 3 is 3.13 bits per heavy atom. The van der Waals surface area contributed by atoms with E-state index in [4.69, 9.17) is 5.73 Å². The molecule has 0 saturated carbocycles. The number of aromatic nitrogens is 2. The molecule has 0 aromatic carbocycles. The van der Waals surface area contributed by atoms with E-state index in [1.807, 2.05) is 6.20 Å². The van der Waals surface area contributed by atoms with Gasteiger partial charge in [0.1, 0.15) is 0 Å². The van der Waals surface area contributed by atoms with E-state index in [1.54, 1.807) is 12.4 Å². The zero-order valence-electron chi connectivity index (χ0n) is 9.13. The molecule has 0 aliphatic carbocycles. The molecule has 82 valence electrons. The molecule has 4 heteroatoms. The highest BCUT2D eigenvalue weighted by Crippen LogP contribution is 2.26. The normalized spacial score (nSPS) is 24.3. The van der Waals surface area contributed by atoms with Gasteiger partial charge in [0.05, 0.1) is 11.7 Å². The summed E-state index contributed by atoms with van der Waals surface area (Å²) in [6.07, 6.45) is 7.75. The van der Waals surface area contributed by atoms with Crippen LogP contribution in [0.5, 0.6) is 0 Å². The number of hydrogen-bond donors (Lipinski definition) is 1. The van der Waals surface area contributed by atoms with Crippen LogP contribution in [0.4, 0.5) is 0 Å². The third kappa shape index (κ3) is 2.16. The number of nitrogens with zero attached hydrogens (tertiary/aromatic N) is 3. The zero-order valence-corrected chi connectivity index (χ0v) is 9.13. The quantitative estimate of drug-likeness (QED) is 0.800. The molecular formula is C11H18N4. The van der Waals surface area contributed by atoms with Gasteiger partial charge in [-0.1, -0.05) is 0 Å². The second-order valence-corrected chi connectivity index (χ2v) is 4.08. The lowest BCUT2D eigenvalue weighted by Crippen LogP contribution is -2.37. The molecule has 4 nitrogen and oxygen atoms in total. The van der Waals surface area contributed by atoms with Crippen LogP contribution < -0.4 is 5.73 Å². The topological polar surface area (TPSA) is 55.0 Å². The third-order valence-electron chi connectivity index (χ3n) is 3.20. The summed E-state index contributed by atoms with van der Waals surface area (Å²) in [5.41, 5.74) is 6.80. The van der Waals surface area contributed by atoms with Gasteiger partial charge in [0, 0.05) is 31.2 Å². The number of rotatable bonds is 3. The lowest BCUT2D eigenvalue weighted by molar-refractivity contribution is 0.193. The van der Waals surface area contributed by atoms with Crippen LogP contribution in [0.3, 0.4) is 0 Å². The van der Waals surface area contributed by atoms with Crippen molar-refractivity contribution in [3.8, 4) is 0 Å². The van der Waals surface area contributed by atoms with Crippen LogP contribution >= 0.6 is 0 Å². The van der Waals surface area contributed by atoms with Gasteiger partial charge in [-0.2, -0.15) is 0 Å². The summed E-state index contributed by atoms with van der Waals surface area (Å²) in [5.74, 6) is 0. The highest BCUT2D eigenvalue weighted by Gasteiger charge is 2.28. The van der Waals surface area contributed by atoms with Gasteiger partial charge in [-0.25, -0.2) is 0 Å². The molecule has 2 atom stereocenters. The highest BCUT2D eigenvalue weighted by molar-refractivity contribution is 5.03. The fourth-order valence-corrected chi connectivity index (χ4v) is 2.32. The number of hydrogen-bond acceptors (Lipinski definition) is 4. The average Bonchev–Trinajstić information content (AvgIpc) is 2.77. The van der Waals surface area contributed by atoms with Gasteiger partial charge < -0.3 is 5.73 Å². The Kier molecular flexibility index (Phi) is 3.28. The lowest BCUT2D eigenvalue weighted by atomic mass is 10.1. The average molecular weight is 206 g/mol. The fourth-order valence-electron chi connectivity index (χ4n) is 2.32. The maximum atomic E-state index is 5.76. The minimum Gasteiger partial charge on any atom is -0.329 e. The van der Waals surface area contributed by atoms with Crippen molar-refractivity contribution in [1.29, 1.82) is 0 Å². The summed E-state index contributed by atoms with van der Waals surface area (Å²) >= 11 is 0. The van der Waals surface area contributed by atoms with Gasteiger partial charge in [-0.15, -0.1) is 0 Å². The molecule has 0 unspecified atom stereocenters. The first-order valence-corrected chi connectivity index (χ1v) is 5.54. The van der Waals surface area contributed by atoms with Crippen LogP contribution in [-0.4, -0.2) is 34.0 Å². The van der Waals surface area contributed by atoms with E-state index < -0.39 is 0 Å². The van der Waals surface area contributed by atoms with E-state index in [2.05, 4.69) is 21.8 Å². The minimum absolute atomic E-state index is 0.328. The molecule has 0 radical (unpaired) electrons. The van der Waals surface area contributed by atoms with E-state index in [1.165, 1.54) is 12.8 Å². The molecule has 0 bridgehead atoms. The largest absolute Gasteiger partial charge is 0.329 e. The summed E-state index contributed by atoms with van der Waals surface area (Å²) in [6.45, 7) is 4.04. The molecule has 15 heavy (non-hydrogen) atoms. The molecule has 1 aromatic heterocycles. The van der Waals surface area contributed by atoms with E-state index >= 15 is 0 Å². The van der Waals surface area contributed by atoms with Crippen LogP contribution in [0.25, 0.3) is 0 Å². The van der Waals surface area contributed by atoms with Crippen LogP contribution in [0.15, 0.2) is 18.6 Å². The Hall–Kier alpha value is -1.00. The van der Waals surface area contributed by atoms with Crippen molar-refractivity contribution >= 4 is 0 Å². The summed E-state index contributed by atoms with van der Waals surface area (Å²) < 4.78 is 0. The molecule has 0 spiro atoms. The van der Waals surface area contributed by atoms with Crippen molar-refractivity contribution in [3.63, 3.8) is 0 Å². The minimum atomic E-state index is 0.328. The maximum absolute atomic E-state index is 5.76. The van der Waals surface area contributed by atoms with Crippen molar-refractivity contribution in [1.82, 2.24) is 14.9 Å². The predicted octanol–water partition coefficient (Wildman–Crippen LogP) is 0.961. The molecule has 0 amide bonds. The van der Waals surface area contributed by atoms with Gasteiger partial charge >= 0.3 is 0 Å². The second-order valence-electron chi connectivity index (χ2n) is 4.08. The SMILES string of the molecule is C[C@H](c1cnccn1)N1CCC[C@@H]1CN. The van der Waals surface area contributed by atoms with Gasteiger partial charge in [0.25, 0.3) is 0 Å². The molecule has 1 saturated heterocycles. The van der Waals surface area contributed by atoms with E-state index in [0.29, 0.717) is 12.1 Å². The summed E-state index contributed by atoms with van der Waals surface area (Å²) in [5, 5.41) is 0. The highest BCUT2D eigenvalue weighted by atomic mass is 15.2. The Balaban J connectivity index is 2.10. The summed E-state index contributed by atoms with van der Waals surface area (Å²) in [4.78, 5) is 10.9. The number of likely N-dealkylation sites (tertiary alicyclic amines) is 1. The van der Waals surface area contributed by atoms with Crippen LogP contribution in [0.1, 0.15) is 31.5 Å². The maximum Gasteiger partial charge on any atom is 0.0755 e. The van der Waals surface area contributed by atoms with Crippen LogP contribution in [-0.2, 0) is 0 Å². The Morgan fingerprint density at radius 2 is 2.47 bits per heavy atom. The molecule has 1 aliphatic rings. The predicted molar refractivity (Wildman–Crippen MR) is 59.2 cm³/mol. The molecule has 1 aromatic rings. The monoisotopic (exact) mass is 206 g/mol. The van der Waals surface area contributed by atoms with Gasteiger partial charge in [-0.05, 0) is 26.3 Å². The zero-order chi connectivity index (χ0) is 10.7. The Bertz CT molecular complexity index is 301. The van der Waals surface area contributed by atoms with E-state index in [9.17, 15) is 0 Å². The second kappa shape index (κ2) is 4.68. The molecular weight excluding hydrogens is 188 g/mol. The standard InChI is InChI=1S/C11H18N4/c1-9(11-8-13-4-5-14-11)15-6-2-3-10(15)7-12/h4-5,8-10H,2-3,6-7,12H2,1H3/t9-,10-/m1/s1. The first-order chi connectivity index (χ1) is 7.33. The van der Waals surface area contributed by atoms with E-state index in [-0.39, 0.29) is 0 Å². The molecule has 1 fully saturated rings. The van der Waals surface area contributed by atoms with Crippen molar-refractivity contribution < 1.29 is 0 Å². The van der Waals surface area contributed by atoms with Crippen LogP contribution in [0.2, 0.25) is 0 Å². The third-order valence-corrected chi connectivity index (χ3v) is 3.20. The summed E-state index contributed by atoms with van der Waals surface area (Å²) in [6, 6.07) is 0.844. The molecule has 2 heterocycles. The molecule has 1 aliphatic heterocycles. The van der Waals surface area contributed by atoms with Gasteiger partial charge in [0.15, 0.2) is 0 Å². The number of nitrogens with two attached hydrogens (primary N) is 1. The van der Waals surface area contributed by atoms with Crippen molar-refractivity contribution in [3.05, 3.63) is 24.3 Å². The summed E-state index contributed by atoms with van der Waals surface area (Å²) in [7, 11) is 0. The van der Waals surface area contributed by atoms with Crippen molar-refractivity contribution in [2.24, 2.45) is 5.73 Å². The van der Waals surface area contributed by atoms with E-state index in [0.717, 1.165) is 18.8 Å².